The summed E-state index contributed by atoms with van der Waals surface area (Å²) < 4.78 is 4.97. The second kappa shape index (κ2) is 6.16. The predicted molar refractivity (Wildman–Crippen MR) is 91.2 cm³/mol. The first-order valence-corrected chi connectivity index (χ1v) is 8.71. The van der Waals surface area contributed by atoms with E-state index < -0.39 is 0 Å². The Bertz CT molecular complexity index is 859. The molecule has 4 rings (SSSR count). The molecular formula is C17H16N4O2S. The highest BCUT2D eigenvalue weighted by molar-refractivity contribution is 7.15. The lowest BCUT2D eigenvalue weighted by Gasteiger charge is -2.06. The molecular weight excluding hydrogens is 324 g/mol. The van der Waals surface area contributed by atoms with Gasteiger partial charge in [-0.25, -0.2) is 4.98 Å². The SMILES string of the molecule is Cc1nc(-c2ccc(C(=O)Nc3nc4c(s3)CCCC4)cc2)no1. The van der Waals surface area contributed by atoms with E-state index in [2.05, 4.69) is 20.4 Å². The van der Waals surface area contributed by atoms with Crippen LogP contribution in [0.3, 0.4) is 0 Å². The standard InChI is InChI=1S/C17H16N4O2S/c1-10-18-15(21-23-10)11-6-8-12(9-7-11)16(22)20-17-19-13-4-2-3-5-14(13)24-17/h6-9H,2-5H2,1H3,(H,19,20,22). The van der Waals surface area contributed by atoms with Crippen LogP contribution in [-0.2, 0) is 12.8 Å². The number of thiazole rings is 1. The summed E-state index contributed by atoms with van der Waals surface area (Å²) >= 11 is 1.59. The number of nitrogens with one attached hydrogen (secondary N) is 1. The lowest BCUT2D eigenvalue weighted by molar-refractivity contribution is 0.102. The number of rotatable bonds is 3. The zero-order chi connectivity index (χ0) is 16.5. The Morgan fingerprint density at radius 1 is 1.17 bits per heavy atom. The molecule has 24 heavy (non-hydrogen) atoms. The van der Waals surface area contributed by atoms with Crippen LogP contribution in [0.15, 0.2) is 28.8 Å². The third kappa shape index (κ3) is 2.94. The van der Waals surface area contributed by atoms with Gasteiger partial charge in [-0.1, -0.05) is 17.3 Å². The van der Waals surface area contributed by atoms with E-state index >= 15 is 0 Å². The number of hydrogen-bond acceptors (Lipinski definition) is 6. The molecule has 122 valence electrons. The van der Waals surface area contributed by atoms with Crippen molar-refractivity contribution in [3.8, 4) is 11.4 Å². The van der Waals surface area contributed by atoms with Gasteiger partial charge in [0.25, 0.3) is 5.91 Å². The van der Waals surface area contributed by atoms with Gasteiger partial charge in [-0.15, -0.1) is 11.3 Å². The Morgan fingerprint density at radius 2 is 1.96 bits per heavy atom. The molecule has 2 heterocycles. The number of hydrogen-bond donors (Lipinski definition) is 1. The number of carbonyl (C=O) groups is 1. The van der Waals surface area contributed by atoms with Crippen LogP contribution in [0.2, 0.25) is 0 Å². The van der Waals surface area contributed by atoms with Crippen LogP contribution >= 0.6 is 11.3 Å². The molecule has 0 bridgehead atoms. The molecule has 0 atom stereocenters. The van der Waals surface area contributed by atoms with Crippen molar-refractivity contribution in [1.29, 1.82) is 0 Å². The third-order valence-corrected chi connectivity index (χ3v) is 5.07. The number of carbonyl (C=O) groups excluding carboxylic acids is 1. The maximum absolute atomic E-state index is 12.4. The molecule has 0 fully saturated rings. The number of amides is 1. The van der Waals surface area contributed by atoms with Crippen molar-refractivity contribution in [2.24, 2.45) is 0 Å². The molecule has 1 amide bonds. The molecule has 1 aliphatic rings. The normalized spacial score (nSPS) is 13.5. The first-order valence-electron chi connectivity index (χ1n) is 7.90. The van der Waals surface area contributed by atoms with Crippen LogP contribution in [-0.4, -0.2) is 21.0 Å². The maximum Gasteiger partial charge on any atom is 0.257 e. The predicted octanol–water partition coefficient (Wildman–Crippen LogP) is 3.63. The van der Waals surface area contributed by atoms with Crippen LogP contribution < -0.4 is 5.32 Å². The first-order chi connectivity index (χ1) is 11.7. The smallest absolute Gasteiger partial charge is 0.257 e. The average molecular weight is 340 g/mol. The van der Waals surface area contributed by atoms with Gasteiger partial charge in [-0.05, 0) is 37.8 Å². The van der Waals surface area contributed by atoms with Gasteiger partial charge >= 0.3 is 0 Å². The summed E-state index contributed by atoms with van der Waals surface area (Å²) in [5.41, 5.74) is 2.53. The van der Waals surface area contributed by atoms with Crippen molar-refractivity contribution in [3.05, 3.63) is 46.3 Å². The van der Waals surface area contributed by atoms with Crippen molar-refractivity contribution >= 4 is 22.4 Å². The van der Waals surface area contributed by atoms with Gasteiger partial charge in [0, 0.05) is 22.9 Å². The van der Waals surface area contributed by atoms with Crippen molar-refractivity contribution < 1.29 is 9.32 Å². The monoisotopic (exact) mass is 340 g/mol. The quantitative estimate of drug-likeness (QED) is 0.787. The fraction of sp³-hybridized carbons (Fsp3) is 0.294. The van der Waals surface area contributed by atoms with Gasteiger partial charge < -0.3 is 4.52 Å². The van der Waals surface area contributed by atoms with Gasteiger partial charge in [0.15, 0.2) is 5.13 Å². The summed E-state index contributed by atoms with van der Waals surface area (Å²) in [6, 6.07) is 7.13. The highest BCUT2D eigenvalue weighted by Crippen LogP contribution is 2.29. The molecule has 1 N–H and O–H groups in total. The molecule has 2 aromatic heterocycles. The summed E-state index contributed by atoms with van der Waals surface area (Å²) in [6.07, 6.45) is 4.48. The molecule has 0 radical (unpaired) electrons. The maximum atomic E-state index is 12.4. The van der Waals surface area contributed by atoms with Crippen LogP contribution in [0.5, 0.6) is 0 Å². The minimum Gasteiger partial charge on any atom is -0.339 e. The fourth-order valence-electron chi connectivity index (χ4n) is 2.76. The van der Waals surface area contributed by atoms with E-state index in [1.54, 1.807) is 30.4 Å². The average Bonchev–Trinajstić information content (AvgIpc) is 3.20. The minimum absolute atomic E-state index is 0.156. The van der Waals surface area contributed by atoms with Crippen LogP contribution in [0.1, 0.15) is 39.7 Å². The molecule has 7 heteroatoms. The van der Waals surface area contributed by atoms with Gasteiger partial charge in [0.05, 0.1) is 5.69 Å². The lowest BCUT2D eigenvalue weighted by Crippen LogP contribution is -2.11. The van der Waals surface area contributed by atoms with Crippen molar-refractivity contribution in [2.45, 2.75) is 32.6 Å². The molecule has 3 aromatic rings. The summed E-state index contributed by atoms with van der Waals surface area (Å²) in [6.45, 7) is 1.74. The number of fused-ring (bicyclic) bond motifs is 1. The highest BCUT2D eigenvalue weighted by Gasteiger charge is 2.17. The van der Waals surface area contributed by atoms with Crippen molar-refractivity contribution in [1.82, 2.24) is 15.1 Å². The van der Waals surface area contributed by atoms with Crippen molar-refractivity contribution in [3.63, 3.8) is 0 Å². The van der Waals surface area contributed by atoms with Gasteiger partial charge in [-0.3, -0.25) is 10.1 Å². The number of anilines is 1. The topological polar surface area (TPSA) is 80.9 Å². The van der Waals surface area contributed by atoms with E-state index in [0.717, 1.165) is 24.1 Å². The molecule has 0 saturated heterocycles. The highest BCUT2D eigenvalue weighted by atomic mass is 32.1. The second-order valence-electron chi connectivity index (χ2n) is 5.76. The van der Waals surface area contributed by atoms with E-state index in [9.17, 15) is 4.79 Å². The van der Waals surface area contributed by atoms with E-state index in [4.69, 9.17) is 4.52 Å². The fourth-order valence-corrected chi connectivity index (χ4v) is 3.81. The Kier molecular flexibility index (Phi) is 3.86. The molecule has 1 aliphatic carbocycles. The zero-order valence-electron chi connectivity index (χ0n) is 13.2. The molecule has 1 aromatic carbocycles. The van der Waals surface area contributed by atoms with Crippen molar-refractivity contribution in [2.75, 3.05) is 5.32 Å². The van der Waals surface area contributed by atoms with Crippen LogP contribution in [0.25, 0.3) is 11.4 Å². The van der Waals surface area contributed by atoms with Crippen LogP contribution in [0.4, 0.5) is 5.13 Å². The van der Waals surface area contributed by atoms with Gasteiger partial charge in [0.1, 0.15) is 0 Å². The van der Waals surface area contributed by atoms with Crippen LogP contribution in [0, 0.1) is 6.92 Å². The zero-order valence-corrected chi connectivity index (χ0v) is 14.0. The summed E-state index contributed by atoms with van der Waals surface area (Å²) in [5, 5.41) is 7.45. The Balaban J connectivity index is 1.49. The Labute approximate surface area is 142 Å². The summed E-state index contributed by atoms with van der Waals surface area (Å²) in [7, 11) is 0. The Hall–Kier alpha value is -2.54. The summed E-state index contributed by atoms with van der Waals surface area (Å²) in [5.74, 6) is 0.878. The van der Waals surface area contributed by atoms with E-state index in [0.29, 0.717) is 22.4 Å². The lowest BCUT2D eigenvalue weighted by atomic mass is 10.0. The number of aryl methyl sites for hydroxylation is 3. The minimum atomic E-state index is -0.156. The van der Waals surface area contributed by atoms with E-state index in [-0.39, 0.29) is 5.91 Å². The molecule has 0 aliphatic heterocycles. The van der Waals surface area contributed by atoms with Gasteiger partial charge in [-0.2, -0.15) is 4.98 Å². The van der Waals surface area contributed by atoms with Gasteiger partial charge in [0.2, 0.25) is 11.7 Å². The largest absolute Gasteiger partial charge is 0.339 e. The third-order valence-electron chi connectivity index (χ3n) is 4.00. The van der Waals surface area contributed by atoms with E-state index in [1.807, 2.05) is 12.1 Å². The van der Waals surface area contributed by atoms with E-state index in [1.165, 1.54) is 17.7 Å². The molecule has 6 nitrogen and oxygen atoms in total. The summed E-state index contributed by atoms with van der Waals surface area (Å²) in [4.78, 5) is 22.4. The number of benzene rings is 1. The molecule has 0 unspecified atom stereocenters. The first kappa shape index (κ1) is 15.0. The molecule has 0 saturated carbocycles. The molecule has 0 spiro atoms. The number of aromatic nitrogens is 3. The number of nitrogens with zero attached hydrogens (tertiary/aromatic N) is 3. The Morgan fingerprint density at radius 3 is 2.67 bits per heavy atom. The second-order valence-corrected chi connectivity index (χ2v) is 6.85.